The number of nitrogens with zero attached hydrogens (tertiary/aromatic N) is 5. The lowest BCUT2D eigenvalue weighted by Gasteiger charge is -2.28. The highest BCUT2D eigenvalue weighted by atomic mass is 32.2. The normalized spacial score (nSPS) is 16.6. The molecule has 2 aliphatic rings. The first-order valence-corrected chi connectivity index (χ1v) is 12.6. The molecule has 0 radical (unpaired) electrons. The average molecular weight is 466 g/mol. The molecule has 172 valence electrons. The standard InChI is InChI=1S/C25H28FN5OS/c26-21-8-10-22(11-9-21)31-23(17-29-13-4-1-5-14-29)27-28-25(31)33-18-24(32)30-15-12-19-6-2-3-7-20(19)16-30/h2-3,6-11H,1,4-5,12-18H2. The second-order valence-electron chi connectivity index (χ2n) is 8.67. The Bertz CT molecular complexity index is 1110. The van der Waals surface area contributed by atoms with Gasteiger partial charge >= 0.3 is 0 Å². The predicted molar refractivity (Wildman–Crippen MR) is 127 cm³/mol. The second kappa shape index (κ2) is 10.1. The SMILES string of the molecule is O=C(CSc1nnc(CN2CCCCC2)n1-c1ccc(F)cc1)N1CCc2ccccc2C1. The van der Waals surface area contributed by atoms with Gasteiger partial charge in [-0.3, -0.25) is 14.3 Å². The summed E-state index contributed by atoms with van der Waals surface area (Å²) >= 11 is 1.40. The van der Waals surface area contributed by atoms with Crippen LogP contribution in [0.4, 0.5) is 4.39 Å². The molecule has 2 aliphatic heterocycles. The Hall–Kier alpha value is -2.71. The Labute approximate surface area is 197 Å². The number of carbonyl (C=O) groups is 1. The van der Waals surface area contributed by atoms with Crippen molar-refractivity contribution in [3.05, 3.63) is 71.3 Å². The van der Waals surface area contributed by atoms with Crippen molar-refractivity contribution in [2.45, 2.75) is 43.9 Å². The number of halogens is 1. The van der Waals surface area contributed by atoms with E-state index in [1.807, 2.05) is 15.5 Å². The molecule has 8 heteroatoms. The molecule has 1 fully saturated rings. The van der Waals surface area contributed by atoms with E-state index in [4.69, 9.17) is 0 Å². The summed E-state index contributed by atoms with van der Waals surface area (Å²) < 4.78 is 15.5. The molecular formula is C25H28FN5OS. The molecule has 3 aromatic rings. The maximum atomic E-state index is 13.6. The number of aromatic nitrogens is 3. The van der Waals surface area contributed by atoms with E-state index >= 15 is 0 Å². The number of benzene rings is 2. The monoisotopic (exact) mass is 465 g/mol. The number of hydrogen-bond donors (Lipinski definition) is 0. The molecule has 0 aliphatic carbocycles. The summed E-state index contributed by atoms with van der Waals surface area (Å²) in [5, 5.41) is 9.55. The van der Waals surface area contributed by atoms with Crippen LogP contribution in [0.2, 0.25) is 0 Å². The molecule has 1 saturated heterocycles. The number of amides is 1. The molecule has 6 nitrogen and oxygen atoms in total. The summed E-state index contributed by atoms with van der Waals surface area (Å²) in [6, 6.07) is 14.7. The van der Waals surface area contributed by atoms with Crippen molar-refractivity contribution in [2.75, 3.05) is 25.4 Å². The van der Waals surface area contributed by atoms with Crippen LogP contribution in [0.3, 0.4) is 0 Å². The second-order valence-corrected chi connectivity index (χ2v) is 9.61. The van der Waals surface area contributed by atoms with Gasteiger partial charge in [-0.15, -0.1) is 10.2 Å². The van der Waals surface area contributed by atoms with E-state index in [0.29, 0.717) is 24.0 Å². The Kier molecular flexibility index (Phi) is 6.73. The third-order valence-electron chi connectivity index (χ3n) is 6.41. The molecule has 33 heavy (non-hydrogen) atoms. The maximum absolute atomic E-state index is 13.6. The lowest BCUT2D eigenvalue weighted by molar-refractivity contribution is -0.129. The van der Waals surface area contributed by atoms with Gasteiger partial charge in [-0.1, -0.05) is 42.4 Å². The summed E-state index contributed by atoms with van der Waals surface area (Å²) in [4.78, 5) is 17.3. The van der Waals surface area contributed by atoms with Crippen LogP contribution in [0.25, 0.3) is 5.69 Å². The smallest absolute Gasteiger partial charge is 0.233 e. The van der Waals surface area contributed by atoms with Gasteiger partial charge in [0, 0.05) is 18.8 Å². The van der Waals surface area contributed by atoms with Crippen molar-refractivity contribution in [2.24, 2.45) is 0 Å². The van der Waals surface area contributed by atoms with Gasteiger partial charge in [-0.2, -0.15) is 0 Å². The highest BCUT2D eigenvalue weighted by Crippen LogP contribution is 2.25. The van der Waals surface area contributed by atoms with Crippen LogP contribution >= 0.6 is 11.8 Å². The van der Waals surface area contributed by atoms with Crippen LogP contribution < -0.4 is 0 Å². The largest absolute Gasteiger partial charge is 0.337 e. The maximum Gasteiger partial charge on any atom is 0.233 e. The van der Waals surface area contributed by atoms with E-state index in [0.717, 1.165) is 37.6 Å². The summed E-state index contributed by atoms with van der Waals surface area (Å²) in [6.45, 7) is 4.19. The fourth-order valence-electron chi connectivity index (χ4n) is 4.59. The third-order valence-corrected chi connectivity index (χ3v) is 7.32. The van der Waals surface area contributed by atoms with Crippen molar-refractivity contribution >= 4 is 17.7 Å². The van der Waals surface area contributed by atoms with Gasteiger partial charge in [0.25, 0.3) is 0 Å². The highest BCUT2D eigenvalue weighted by Gasteiger charge is 2.23. The quantitative estimate of drug-likeness (QED) is 0.514. The summed E-state index contributed by atoms with van der Waals surface area (Å²) in [7, 11) is 0. The van der Waals surface area contributed by atoms with Crippen molar-refractivity contribution in [3.8, 4) is 5.69 Å². The number of rotatable bonds is 6. The average Bonchev–Trinajstić information content (AvgIpc) is 3.25. The summed E-state index contributed by atoms with van der Waals surface area (Å²) in [5.41, 5.74) is 3.36. The van der Waals surface area contributed by atoms with Gasteiger partial charge in [0.05, 0.1) is 12.3 Å². The van der Waals surface area contributed by atoms with E-state index in [1.54, 1.807) is 12.1 Å². The highest BCUT2D eigenvalue weighted by molar-refractivity contribution is 7.99. The first-order chi connectivity index (χ1) is 16.2. The Balaban J connectivity index is 1.32. The molecule has 0 N–H and O–H groups in total. The summed E-state index contributed by atoms with van der Waals surface area (Å²) in [6.07, 6.45) is 4.54. The first-order valence-electron chi connectivity index (χ1n) is 11.6. The number of fused-ring (bicyclic) bond motifs is 1. The van der Waals surface area contributed by atoms with Crippen molar-refractivity contribution in [1.29, 1.82) is 0 Å². The summed E-state index contributed by atoms with van der Waals surface area (Å²) in [5.74, 6) is 0.941. The molecule has 1 amide bonds. The number of thioether (sulfide) groups is 1. The molecule has 5 rings (SSSR count). The predicted octanol–water partition coefficient (Wildman–Crippen LogP) is 4.07. The van der Waals surface area contributed by atoms with Gasteiger partial charge in [0.1, 0.15) is 5.82 Å². The zero-order chi connectivity index (χ0) is 22.6. The molecule has 0 spiro atoms. The number of carbonyl (C=O) groups excluding carboxylic acids is 1. The van der Waals surface area contributed by atoms with Gasteiger partial charge in [-0.05, 0) is 67.7 Å². The molecule has 0 saturated carbocycles. The minimum Gasteiger partial charge on any atom is -0.337 e. The van der Waals surface area contributed by atoms with E-state index in [-0.39, 0.29) is 11.7 Å². The van der Waals surface area contributed by atoms with E-state index in [2.05, 4.69) is 33.3 Å². The van der Waals surface area contributed by atoms with Crippen LogP contribution in [-0.2, 0) is 24.3 Å². The molecule has 0 bridgehead atoms. The minimum absolute atomic E-state index is 0.0979. The van der Waals surface area contributed by atoms with E-state index < -0.39 is 0 Å². The lowest BCUT2D eigenvalue weighted by atomic mass is 10.00. The van der Waals surface area contributed by atoms with Crippen LogP contribution in [0.5, 0.6) is 0 Å². The first kappa shape index (κ1) is 22.1. The molecular weight excluding hydrogens is 437 g/mol. The van der Waals surface area contributed by atoms with Crippen LogP contribution in [0, 0.1) is 5.82 Å². The zero-order valence-electron chi connectivity index (χ0n) is 18.6. The van der Waals surface area contributed by atoms with Crippen LogP contribution in [-0.4, -0.2) is 55.9 Å². The van der Waals surface area contributed by atoms with Gasteiger partial charge in [0.15, 0.2) is 11.0 Å². The Morgan fingerprint density at radius 2 is 1.70 bits per heavy atom. The Morgan fingerprint density at radius 3 is 2.48 bits per heavy atom. The minimum atomic E-state index is -0.279. The molecule has 1 aromatic heterocycles. The third kappa shape index (κ3) is 5.12. The Morgan fingerprint density at radius 1 is 0.939 bits per heavy atom. The fraction of sp³-hybridized carbons (Fsp3) is 0.400. The van der Waals surface area contributed by atoms with Gasteiger partial charge in [0.2, 0.25) is 5.91 Å². The van der Waals surface area contributed by atoms with Crippen molar-refractivity contribution < 1.29 is 9.18 Å². The number of likely N-dealkylation sites (tertiary alicyclic amines) is 1. The molecule has 2 aromatic carbocycles. The number of hydrogen-bond acceptors (Lipinski definition) is 5. The zero-order valence-corrected chi connectivity index (χ0v) is 19.4. The molecule has 0 atom stereocenters. The van der Waals surface area contributed by atoms with E-state index in [1.165, 1.54) is 54.3 Å². The van der Waals surface area contributed by atoms with Gasteiger partial charge < -0.3 is 4.90 Å². The number of piperidine rings is 1. The van der Waals surface area contributed by atoms with Crippen LogP contribution in [0.1, 0.15) is 36.2 Å². The van der Waals surface area contributed by atoms with Crippen molar-refractivity contribution in [1.82, 2.24) is 24.6 Å². The molecule has 0 unspecified atom stereocenters. The van der Waals surface area contributed by atoms with Crippen molar-refractivity contribution in [3.63, 3.8) is 0 Å². The van der Waals surface area contributed by atoms with Gasteiger partial charge in [-0.25, -0.2) is 4.39 Å². The lowest BCUT2D eigenvalue weighted by Crippen LogP contribution is -2.37. The van der Waals surface area contributed by atoms with E-state index in [9.17, 15) is 9.18 Å². The topological polar surface area (TPSA) is 54.3 Å². The molecule has 3 heterocycles. The van der Waals surface area contributed by atoms with Crippen LogP contribution in [0.15, 0.2) is 53.7 Å². The fourth-order valence-corrected chi connectivity index (χ4v) is 5.46.